The predicted octanol–water partition coefficient (Wildman–Crippen LogP) is 3.09. The predicted molar refractivity (Wildman–Crippen MR) is 78.4 cm³/mol. The standard InChI is InChI=1S/C14H21N5O/c1-6-15-13-10(4)14(18-11(5)17-13)20-12-7-16-19(8-12)9(2)3/h7-9H,6H2,1-5H3,(H,15,17,18). The topological polar surface area (TPSA) is 64.9 Å². The van der Waals surface area contributed by atoms with Crippen molar-refractivity contribution in [1.29, 1.82) is 0 Å². The first-order chi connectivity index (χ1) is 9.51. The summed E-state index contributed by atoms with van der Waals surface area (Å²) in [7, 11) is 0. The van der Waals surface area contributed by atoms with E-state index >= 15 is 0 Å². The molecule has 0 amide bonds. The lowest BCUT2D eigenvalue weighted by molar-refractivity contribution is 0.452. The number of aryl methyl sites for hydroxylation is 1. The van der Waals surface area contributed by atoms with E-state index in [0.717, 1.165) is 17.9 Å². The van der Waals surface area contributed by atoms with Gasteiger partial charge < -0.3 is 10.1 Å². The minimum atomic E-state index is 0.304. The van der Waals surface area contributed by atoms with E-state index in [1.807, 2.05) is 31.6 Å². The Labute approximate surface area is 119 Å². The molecule has 0 aliphatic heterocycles. The van der Waals surface area contributed by atoms with E-state index in [1.165, 1.54) is 0 Å². The van der Waals surface area contributed by atoms with Crippen molar-refractivity contribution in [3.63, 3.8) is 0 Å². The number of nitrogens with zero attached hydrogens (tertiary/aromatic N) is 4. The summed E-state index contributed by atoms with van der Waals surface area (Å²) in [5, 5.41) is 7.47. The van der Waals surface area contributed by atoms with Gasteiger partial charge in [-0.3, -0.25) is 4.68 Å². The van der Waals surface area contributed by atoms with Gasteiger partial charge in [-0.2, -0.15) is 10.1 Å². The summed E-state index contributed by atoms with van der Waals surface area (Å²) in [4.78, 5) is 8.73. The third-order valence-corrected chi connectivity index (χ3v) is 2.88. The van der Waals surface area contributed by atoms with Crippen molar-refractivity contribution < 1.29 is 4.74 Å². The highest BCUT2D eigenvalue weighted by Gasteiger charge is 2.12. The van der Waals surface area contributed by atoms with Gasteiger partial charge in [-0.1, -0.05) is 0 Å². The molecule has 0 aliphatic rings. The molecule has 6 heteroatoms. The van der Waals surface area contributed by atoms with Crippen molar-refractivity contribution in [2.45, 2.75) is 40.7 Å². The lowest BCUT2D eigenvalue weighted by Gasteiger charge is -2.11. The normalized spacial score (nSPS) is 10.9. The van der Waals surface area contributed by atoms with Crippen LogP contribution in [0.3, 0.4) is 0 Å². The van der Waals surface area contributed by atoms with Crippen LogP contribution in [0.15, 0.2) is 12.4 Å². The van der Waals surface area contributed by atoms with Gasteiger partial charge in [0.2, 0.25) is 5.88 Å². The molecule has 0 atom stereocenters. The van der Waals surface area contributed by atoms with Gasteiger partial charge >= 0.3 is 0 Å². The molecule has 0 aliphatic carbocycles. The highest BCUT2D eigenvalue weighted by atomic mass is 16.5. The molecule has 0 radical (unpaired) electrons. The molecule has 0 saturated carbocycles. The van der Waals surface area contributed by atoms with Crippen molar-refractivity contribution in [1.82, 2.24) is 19.7 Å². The molecule has 0 unspecified atom stereocenters. The van der Waals surface area contributed by atoms with Crippen LogP contribution in [-0.2, 0) is 0 Å². The molecule has 20 heavy (non-hydrogen) atoms. The Balaban J connectivity index is 2.27. The summed E-state index contributed by atoms with van der Waals surface area (Å²) < 4.78 is 7.68. The molecule has 108 valence electrons. The van der Waals surface area contributed by atoms with Crippen molar-refractivity contribution in [3.05, 3.63) is 23.8 Å². The van der Waals surface area contributed by atoms with Crippen molar-refractivity contribution in [3.8, 4) is 11.6 Å². The second-order valence-corrected chi connectivity index (χ2v) is 4.93. The quantitative estimate of drug-likeness (QED) is 0.908. The van der Waals surface area contributed by atoms with Crippen LogP contribution in [0, 0.1) is 13.8 Å². The lowest BCUT2D eigenvalue weighted by atomic mass is 10.3. The number of aromatic nitrogens is 4. The molecule has 2 aromatic rings. The van der Waals surface area contributed by atoms with Crippen LogP contribution in [0.25, 0.3) is 0 Å². The number of hydrogen-bond donors (Lipinski definition) is 1. The van der Waals surface area contributed by atoms with Crippen LogP contribution < -0.4 is 10.1 Å². The Morgan fingerprint density at radius 3 is 2.65 bits per heavy atom. The van der Waals surface area contributed by atoms with Gasteiger partial charge in [-0.25, -0.2) is 4.98 Å². The molecule has 2 heterocycles. The summed E-state index contributed by atoms with van der Waals surface area (Å²) in [6.45, 7) is 10.8. The zero-order valence-corrected chi connectivity index (χ0v) is 12.6. The van der Waals surface area contributed by atoms with Gasteiger partial charge in [0.05, 0.1) is 18.0 Å². The third-order valence-electron chi connectivity index (χ3n) is 2.88. The first kappa shape index (κ1) is 14.3. The Bertz CT molecular complexity index is 591. The molecule has 6 nitrogen and oxygen atoms in total. The number of rotatable bonds is 5. The van der Waals surface area contributed by atoms with Gasteiger partial charge in [-0.15, -0.1) is 0 Å². The molecule has 2 rings (SSSR count). The molecular formula is C14H21N5O. The molecular weight excluding hydrogens is 254 g/mol. The third kappa shape index (κ3) is 3.07. The maximum atomic E-state index is 5.83. The summed E-state index contributed by atoms with van der Waals surface area (Å²) in [6, 6.07) is 0.304. The average Bonchev–Trinajstić information content (AvgIpc) is 2.84. The van der Waals surface area contributed by atoms with E-state index in [9.17, 15) is 0 Å². The van der Waals surface area contributed by atoms with Crippen LogP contribution in [0.4, 0.5) is 5.82 Å². The number of anilines is 1. The summed E-state index contributed by atoms with van der Waals surface area (Å²) >= 11 is 0. The first-order valence-corrected chi connectivity index (χ1v) is 6.82. The highest BCUT2D eigenvalue weighted by molar-refractivity contribution is 5.49. The van der Waals surface area contributed by atoms with Crippen molar-refractivity contribution in [2.75, 3.05) is 11.9 Å². The average molecular weight is 275 g/mol. The number of ether oxygens (including phenoxy) is 1. The molecule has 0 saturated heterocycles. The van der Waals surface area contributed by atoms with Crippen LogP contribution >= 0.6 is 0 Å². The van der Waals surface area contributed by atoms with E-state index in [4.69, 9.17) is 4.74 Å². The summed E-state index contributed by atoms with van der Waals surface area (Å²) in [6.07, 6.45) is 3.57. The lowest BCUT2D eigenvalue weighted by Crippen LogP contribution is -2.06. The summed E-state index contributed by atoms with van der Waals surface area (Å²) in [5.74, 6) is 2.74. The fourth-order valence-electron chi connectivity index (χ4n) is 1.81. The van der Waals surface area contributed by atoms with Gasteiger partial charge in [0.1, 0.15) is 11.6 Å². The molecule has 0 bridgehead atoms. The molecule has 0 fully saturated rings. The smallest absolute Gasteiger partial charge is 0.227 e. The maximum Gasteiger partial charge on any atom is 0.227 e. The summed E-state index contributed by atoms with van der Waals surface area (Å²) in [5.41, 5.74) is 0.898. The maximum absolute atomic E-state index is 5.83. The second kappa shape index (κ2) is 5.90. The van der Waals surface area contributed by atoms with Gasteiger partial charge in [0.15, 0.2) is 5.75 Å². The second-order valence-electron chi connectivity index (χ2n) is 4.93. The van der Waals surface area contributed by atoms with Crippen LogP contribution in [0.1, 0.15) is 38.2 Å². The Morgan fingerprint density at radius 2 is 2.05 bits per heavy atom. The van der Waals surface area contributed by atoms with E-state index in [0.29, 0.717) is 23.5 Å². The zero-order valence-electron chi connectivity index (χ0n) is 12.6. The number of nitrogens with one attached hydrogen (secondary N) is 1. The molecule has 1 N–H and O–H groups in total. The SMILES string of the molecule is CCNc1nc(C)nc(Oc2cnn(C(C)C)c2)c1C. The Hall–Kier alpha value is -2.11. The highest BCUT2D eigenvalue weighted by Crippen LogP contribution is 2.27. The zero-order chi connectivity index (χ0) is 14.7. The van der Waals surface area contributed by atoms with Crippen molar-refractivity contribution in [2.24, 2.45) is 0 Å². The first-order valence-electron chi connectivity index (χ1n) is 6.82. The van der Waals surface area contributed by atoms with E-state index < -0.39 is 0 Å². The number of hydrogen-bond acceptors (Lipinski definition) is 5. The monoisotopic (exact) mass is 275 g/mol. The largest absolute Gasteiger partial charge is 0.435 e. The van der Waals surface area contributed by atoms with Crippen LogP contribution in [-0.4, -0.2) is 26.3 Å². The molecule has 0 spiro atoms. The Morgan fingerprint density at radius 1 is 1.30 bits per heavy atom. The minimum Gasteiger partial charge on any atom is -0.435 e. The van der Waals surface area contributed by atoms with E-state index in [1.54, 1.807) is 6.20 Å². The Kier molecular flexibility index (Phi) is 4.22. The fraction of sp³-hybridized carbons (Fsp3) is 0.500. The van der Waals surface area contributed by atoms with E-state index in [2.05, 4.69) is 34.2 Å². The van der Waals surface area contributed by atoms with Crippen LogP contribution in [0.2, 0.25) is 0 Å². The van der Waals surface area contributed by atoms with E-state index in [-0.39, 0.29) is 0 Å². The van der Waals surface area contributed by atoms with Crippen molar-refractivity contribution >= 4 is 5.82 Å². The molecule has 2 aromatic heterocycles. The van der Waals surface area contributed by atoms with Gasteiger partial charge in [0, 0.05) is 12.6 Å². The van der Waals surface area contributed by atoms with Gasteiger partial charge in [0.25, 0.3) is 0 Å². The fourth-order valence-corrected chi connectivity index (χ4v) is 1.81. The van der Waals surface area contributed by atoms with Crippen LogP contribution in [0.5, 0.6) is 11.6 Å². The molecule has 0 aromatic carbocycles. The minimum absolute atomic E-state index is 0.304. The van der Waals surface area contributed by atoms with Gasteiger partial charge in [-0.05, 0) is 34.6 Å².